The molecule has 0 unspecified atom stereocenters. The van der Waals surface area contributed by atoms with Gasteiger partial charge in [0.25, 0.3) is 0 Å². The van der Waals surface area contributed by atoms with Crippen LogP contribution in [-0.4, -0.2) is 32.6 Å². The van der Waals surface area contributed by atoms with Crippen LogP contribution in [0.25, 0.3) is 6.08 Å². The number of hydrogen-bond acceptors (Lipinski definition) is 5. The van der Waals surface area contributed by atoms with E-state index in [1.807, 2.05) is 30.3 Å². The summed E-state index contributed by atoms with van der Waals surface area (Å²) in [4.78, 5) is 23.8. The normalized spacial score (nSPS) is 10.4. The molecule has 5 nitrogen and oxygen atoms in total. The molecule has 0 bridgehead atoms. The average molecular weight is 326 g/mol. The smallest absolute Gasteiger partial charge is 0.331 e. The van der Waals surface area contributed by atoms with E-state index in [0.717, 1.165) is 5.56 Å². The fourth-order valence-electron chi connectivity index (χ4n) is 2.01. The Labute approximate surface area is 140 Å². The second kappa shape index (κ2) is 8.53. The van der Waals surface area contributed by atoms with Gasteiger partial charge in [0.2, 0.25) is 0 Å². The molecule has 2 aromatic rings. The molecule has 24 heavy (non-hydrogen) atoms. The van der Waals surface area contributed by atoms with Gasteiger partial charge in [-0.1, -0.05) is 30.3 Å². The molecule has 124 valence electrons. The summed E-state index contributed by atoms with van der Waals surface area (Å²) < 4.78 is 15.2. The topological polar surface area (TPSA) is 61.8 Å². The van der Waals surface area contributed by atoms with Crippen LogP contribution in [0.2, 0.25) is 0 Å². The number of ketones is 1. The van der Waals surface area contributed by atoms with Gasteiger partial charge in [-0.05, 0) is 29.8 Å². The number of methoxy groups -OCH3 is 2. The number of benzene rings is 2. The summed E-state index contributed by atoms with van der Waals surface area (Å²) in [5.41, 5.74) is 1.26. The predicted octanol–water partition coefficient (Wildman–Crippen LogP) is 3.14. The number of carbonyl (C=O) groups is 2. The molecular formula is C19H18O5. The van der Waals surface area contributed by atoms with Gasteiger partial charge in [-0.25, -0.2) is 4.79 Å². The monoisotopic (exact) mass is 326 g/mol. The summed E-state index contributed by atoms with van der Waals surface area (Å²) in [5, 5.41) is 0. The Morgan fingerprint density at radius 2 is 1.67 bits per heavy atom. The molecule has 0 saturated carbocycles. The molecule has 0 atom stereocenters. The minimum atomic E-state index is -0.576. The highest BCUT2D eigenvalue weighted by Gasteiger charge is 2.12. The van der Waals surface area contributed by atoms with Gasteiger partial charge < -0.3 is 14.2 Å². The van der Waals surface area contributed by atoms with Gasteiger partial charge in [-0.3, -0.25) is 4.79 Å². The maximum atomic E-state index is 12.1. The number of esters is 1. The predicted molar refractivity (Wildman–Crippen MR) is 90.3 cm³/mol. The summed E-state index contributed by atoms with van der Waals surface area (Å²) in [5.74, 6) is 0.0700. The minimum Gasteiger partial charge on any atom is -0.493 e. The lowest BCUT2D eigenvalue weighted by molar-refractivity contribution is -0.136. The van der Waals surface area contributed by atoms with Gasteiger partial charge >= 0.3 is 5.97 Å². The molecule has 2 aromatic carbocycles. The van der Waals surface area contributed by atoms with Crippen LogP contribution in [0.1, 0.15) is 15.9 Å². The van der Waals surface area contributed by atoms with Crippen LogP contribution < -0.4 is 9.47 Å². The first-order valence-corrected chi connectivity index (χ1v) is 7.29. The number of carbonyl (C=O) groups excluding carboxylic acids is 2. The van der Waals surface area contributed by atoms with E-state index in [1.165, 1.54) is 20.3 Å². The summed E-state index contributed by atoms with van der Waals surface area (Å²) in [6.07, 6.45) is 2.92. The summed E-state index contributed by atoms with van der Waals surface area (Å²) in [6.45, 7) is -0.340. The maximum absolute atomic E-state index is 12.1. The lowest BCUT2D eigenvalue weighted by atomic mass is 10.1. The van der Waals surface area contributed by atoms with Crippen LogP contribution in [0.4, 0.5) is 0 Å². The van der Waals surface area contributed by atoms with E-state index < -0.39 is 5.97 Å². The molecular weight excluding hydrogens is 308 g/mol. The van der Waals surface area contributed by atoms with Crippen LogP contribution in [0.5, 0.6) is 11.5 Å². The molecule has 0 saturated heterocycles. The number of rotatable bonds is 7. The third-order valence-electron chi connectivity index (χ3n) is 3.26. The van der Waals surface area contributed by atoms with Crippen LogP contribution in [-0.2, 0) is 9.53 Å². The van der Waals surface area contributed by atoms with Crippen LogP contribution >= 0.6 is 0 Å². The number of ether oxygens (including phenoxy) is 3. The molecule has 0 aliphatic heterocycles. The second-order valence-corrected chi connectivity index (χ2v) is 4.84. The van der Waals surface area contributed by atoms with E-state index in [0.29, 0.717) is 17.1 Å². The molecule has 0 amide bonds. The van der Waals surface area contributed by atoms with E-state index in [-0.39, 0.29) is 12.4 Å². The maximum Gasteiger partial charge on any atom is 0.331 e. The van der Waals surface area contributed by atoms with Gasteiger partial charge in [-0.2, -0.15) is 0 Å². The van der Waals surface area contributed by atoms with Crippen molar-refractivity contribution in [3.8, 4) is 11.5 Å². The van der Waals surface area contributed by atoms with E-state index in [9.17, 15) is 9.59 Å². The Balaban J connectivity index is 1.93. The lowest BCUT2D eigenvalue weighted by Crippen LogP contribution is -2.12. The minimum absolute atomic E-state index is 0.322. The molecule has 0 aromatic heterocycles. The summed E-state index contributed by atoms with van der Waals surface area (Å²) in [6, 6.07) is 14.1. The molecule has 0 spiro atoms. The Morgan fingerprint density at radius 1 is 0.958 bits per heavy atom. The van der Waals surface area contributed by atoms with Gasteiger partial charge in [0.15, 0.2) is 23.9 Å². The fourth-order valence-corrected chi connectivity index (χ4v) is 2.01. The highest BCUT2D eigenvalue weighted by molar-refractivity contribution is 5.99. The van der Waals surface area contributed by atoms with Crippen molar-refractivity contribution in [1.29, 1.82) is 0 Å². The molecule has 0 N–H and O–H groups in total. The Morgan fingerprint density at radius 3 is 2.33 bits per heavy atom. The standard InChI is InChI=1S/C19H18O5/c1-22-17-10-9-15(12-18(17)23-2)16(20)13-24-19(21)11-8-14-6-4-3-5-7-14/h3-12H,13H2,1-2H3/b11-8+. The SMILES string of the molecule is COc1ccc(C(=O)COC(=O)/C=C/c2ccccc2)cc1OC. The van der Waals surface area contributed by atoms with Crippen molar-refractivity contribution in [2.45, 2.75) is 0 Å². The first-order valence-electron chi connectivity index (χ1n) is 7.29. The van der Waals surface area contributed by atoms with Gasteiger partial charge in [0.1, 0.15) is 0 Å². The summed E-state index contributed by atoms with van der Waals surface area (Å²) in [7, 11) is 3.00. The zero-order valence-corrected chi connectivity index (χ0v) is 13.5. The first-order chi connectivity index (χ1) is 11.6. The van der Waals surface area contributed by atoms with E-state index in [2.05, 4.69) is 0 Å². The van der Waals surface area contributed by atoms with Gasteiger partial charge in [0, 0.05) is 11.6 Å². The van der Waals surface area contributed by atoms with Crippen molar-refractivity contribution in [2.24, 2.45) is 0 Å². The third kappa shape index (κ3) is 4.71. The van der Waals surface area contributed by atoms with Gasteiger partial charge in [0.05, 0.1) is 14.2 Å². The molecule has 2 rings (SSSR count). The highest BCUT2D eigenvalue weighted by Crippen LogP contribution is 2.27. The van der Waals surface area contributed by atoms with E-state index in [1.54, 1.807) is 24.3 Å². The quantitative estimate of drug-likeness (QED) is 0.444. The molecule has 0 heterocycles. The molecule has 5 heteroatoms. The second-order valence-electron chi connectivity index (χ2n) is 4.84. The van der Waals surface area contributed by atoms with Crippen molar-refractivity contribution >= 4 is 17.8 Å². The molecule has 0 radical (unpaired) electrons. The Kier molecular flexibility index (Phi) is 6.14. The van der Waals surface area contributed by atoms with Crippen molar-refractivity contribution < 1.29 is 23.8 Å². The average Bonchev–Trinajstić information content (AvgIpc) is 2.64. The molecule has 0 aliphatic carbocycles. The van der Waals surface area contributed by atoms with Crippen LogP contribution in [0.15, 0.2) is 54.6 Å². The van der Waals surface area contributed by atoms with Gasteiger partial charge in [-0.15, -0.1) is 0 Å². The number of hydrogen-bond donors (Lipinski definition) is 0. The van der Waals surface area contributed by atoms with E-state index in [4.69, 9.17) is 14.2 Å². The first kappa shape index (κ1) is 17.3. The number of Topliss-reactive ketones (excluding diaryl/α,β-unsaturated/α-hetero) is 1. The Hall–Kier alpha value is -3.08. The Bertz CT molecular complexity index is 735. The van der Waals surface area contributed by atoms with Crippen molar-refractivity contribution in [3.05, 3.63) is 65.7 Å². The van der Waals surface area contributed by atoms with Crippen LogP contribution in [0.3, 0.4) is 0 Å². The third-order valence-corrected chi connectivity index (χ3v) is 3.26. The molecule has 0 fully saturated rings. The zero-order valence-electron chi connectivity index (χ0n) is 13.5. The lowest BCUT2D eigenvalue weighted by Gasteiger charge is -2.09. The van der Waals surface area contributed by atoms with Crippen molar-refractivity contribution in [3.63, 3.8) is 0 Å². The fraction of sp³-hybridized carbons (Fsp3) is 0.158. The largest absolute Gasteiger partial charge is 0.493 e. The van der Waals surface area contributed by atoms with Crippen molar-refractivity contribution in [1.82, 2.24) is 0 Å². The summed E-state index contributed by atoms with van der Waals surface area (Å²) >= 11 is 0. The van der Waals surface area contributed by atoms with Crippen molar-refractivity contribution in [2.75, 3.05) is 20.8 Å². The highest BCUT2D eigenvalue weighted by atomic mass is 16.5. The zero-order chi connectivity index (χ0) is 17.4. The molecule has 0 aliphatic rings. The van der Waals surface area contributed by atoms with E-state index >= 15 is 0 Å². The van der Waals surface area contributed by atoms with Crippen LogP contribution in [0, 0.1) is 0 Å².